The van der Waals surface area contributed by atoms with Gasteiger partial charge in [-0.25, -0.2) is 4.79 Å². The summed E-state index contributed by atoms with van der Waals surface area (Å²) in [6.45, 7) is 3.03. The van der Waals surface area contributed by atoms with E-state index in [1.54, 1.807) is 24.3 Å². The molecule has 1 fully saturated rings. The molecule has 0 bridgehead atoms. The first-order valence-electron chi connectivity index (χ1n) is 9.65. The van der Waals surface area contributed by atoms with E-state index in [-0.39, 0.29) is 0 Å². The van der Waals surface area contributed by atoms with Gasteiger partial charge in [-0.05, 0) is 48.9 Å². The summed E-state index contributed by atoms with van der Waals surface area (Å²) in [4.78, 5) is 10.8. The topological polar surface area (TPSA) is 46.5 Å². The molecule has 3 heteroatoms. The average Bonchev–Trinajstić information content (AvgIpc) is 2.61. The van der Waals surface area contributed by atoms with Crippen LogP contribution in [-0.2, 0) is 0 Å². The van der Waals surface area contributed by atoms with Crippen molar-refractivity contribution in [2.45, 2.75) is 71.1 Å². The van der Waals surface area contributed by atoms with E-state index in [1.165, 1.54) is 64.2 Å². The zero-order chi connectivity index (χ0) is 17.2. The molecule has 0 heterocycles. The van der Waals surface area contributed by atoms with Gasteiger partial charge in [0.2, 0.25) is 0 Å². The molecule has 0 saturated heterocycles. The van der Waals surface area contributed by atoms with Gasteiger partial charge in [-0.1, -0.05) is 58.3 Å². The second-order valence-corrected chi connectivity index (χ2v) is 7.23. The predicted octanol–water partition coefficient (Wildman–Crippen LogP) is 5.93. The summed E-state index contributed by atoms with van der Waals surface area (Å²) in [5.41, 5.74) is 0.307. The molecule has 3 nitrogen and oxygen atoms in total. The Balaban J connectivity index is 1.60. The molecule has 0 spiro atoms. The van der Waals surface area contributed by atoms with Crippen LogP contribution in [0.25, 0.3) is 0 Å². The molecule has 1 aliphatic rings. The van der Waals surface area contributed by atoms with Crippen LogP contribution in [0.5, 0.6) is 5.75 Å². The Hall–Kier alpha value is -1.51. The van der Waals surface area contributed by atoms with Crippen molar-refractivity contribution in [3.05, 3.63) is 29.8 Å². The summed E-state index contributed by atoms with van der Waals surface area (Å²) < 4.78 is 5.85. The van der Waals surface area contributed by atoms with Gasteiger partial charge in [-0.2, -0.15) is 0 Å². The molecule has 1 aromatic carbocycles. The zero-order valence-electron chi connectivity index (χ0n) is 15.0. The Kier molecular flexibility index (Phi) is 8.14. The van der Waals surface area contributed by atoms with E-state index in [1.807, 2.05) is 0 Å². The minimum Gasteiger partial charge on any atom is -0.493 e. The fraction of sp³-hybridized carbons (Fsp3) is 0.667. The molecule has 1 aromatic rings. The van der Waals surface area contributed by atoms with E-state index < -0.39 is 5.97 Å². The molecular formula is C21H32O3. The molecular weight excluding hydrogens is 300 g/mol. The van der Waals surface area contributed by atoms with Crippen molar-refractivity contribution in [3.8, 4) is 5.75 Å². The highest BCUT2D eigenvalue weighted by molar-refractivity contribution is 5.87. The molecule has 1 N–H and O–H groups in total. The first-order chi connectivity index (χ1) is 11.7. The average molecular weight is 332 g/mol. The van der Waals surface area contributed by atoms with Gasteiger partial charge < -0.3 is 9.84 Å². The first kappa shape index (κ1) is 18.8. The maximum absolute atomic E-state index is 10.8. The lowest BCUT2D eigenvalue weighted by Gasteiger charge is -2.28. The Morgan fingerprint density at radius 2 is 1.62 bits per heavy atom. The van der Waals surface area contributed by atoms with Crippen LogP contribution < -0.4 is 4.74 Å². The van der Waals surface area contributed by atoms with Gasteiger partial charge in [-0.3, -0.25) is 0 Å². The van der Waals surface area contributed by atoms with Gasteiger partial charge in [0.15, 0.2) is 0 Å². The molecule has 1 aliphatic carbocycles. The number of ether oxygens (including phenoxy) is 1. The van der Waals surface area contributed by atoms with Crippen molar-refractivity contribution < 1.29 is 14.6 Å². The van der Waals surface area contributed by atoms with Crippen LogP contribution in [0, 0.1) is 11.8 Å². The van der Waals surface area contributed by atoms with Crippen molar-refractivity contribution in [3.63, 3.8) is 0 Å². The molecule has 0 aromatic heterocycles. The lowest BCUT2D eigenvalue weighted by molar-refractivity contribution is 0.0697. The number of unbranched alkanes of at least 4 members (excludes halogenated alkanes) is 4. The standard InChI is InChI=1S/C21H32O3/c1-2-3-4-5-6-7-17-8-10-18(11-9-17)16-24-20-14-12-19(13-15-20)21(22)23/h12-15,17-18H,2-11,16H2,1H3,(H,22,23)/t17-,18-. The Morgan fingerprint density at radius 1 is 1.00 bits per heavy atom. The van der Waals surface area contributed by atoms with Crippen LogP contribution in [0.1, 0.15) is 81.5 Å². The third-order valence-corrected chi connectivity index (χ3v) is 5.27. The molecule has 2 rings (SSSR count). The molecule has 0 aliphatic heterocycles. The van der Waals surface area contributed by atoms with Crippen LogP contribution in [0.15, 0.2) is 24.3 Å². The summed E-state index contributed by atoms with van der Waals surface area (Å²) >= 11 is 0. The molecule has 0 radical (unpaired) electrons. The Morgan fingerprint density at radius 3 is 2.25 bits per heavy atom. The first-order valence-corrected chi connectivity index (χ1v) is 9.65. The quantitative estimate of drug-likeness (QED) is 0.540. The maximum Gasteiger partial charge on any atom is 0.335 e. The van der Waals surface area contributed by atoms with Crippen LogP contribution in [0.3, 0.4) is 0 Å². The van der Waals surface area contributed by atoms with E-state index >= 15 is 0 Å². The smallest absolute Gasteiger partial charge is 0.335 e. The number of benzene rings is 1. The van der Waals surface area contributed by atoms with Crippen LogP contribution in [0.2, 0.25) is 0 Å². The summed E-state index contributed by atoms with van der Waals surface area (Å²) in [6, 6.07) is 6.72. The number of aromatic carboxylic acids is 1. The summed E-state index contributed by atoms with van der Waals surface area (Å²) in [5.74, 6) is 1.46. The van der Waals surface area contributed by atoms with Gasteiger partial charge in [-0.15, -0.1) is 0 Å². The predicted molar refractivity (Wildman–Crippen MR) is 97.7 cm³/mol. The largest absolute Gasteiger partial charge is 0.493 e. The molecule has 0 unspecified atom stereocenters. The van der Waals surface area contributed by atoms with Crippen LogP contribution in [-0.4, -0.2) is 17.7 Å². The van der Waals surface area contributed by atoms with Gasteiger partial charge in [0.1, 0.15) is 5.75 Å². The Bertz CT molecular complexity index is 472. The maximum atomic E-state index is 10.8. The van der Waals surface area contributed by atoms with Crippen LogP contribution in [0.4, 0.5) is 0 Å². The second kappa shape index (κ2) is 10.4. The number of carboxylic acid groups (broad SMARTS) is 1. The van der Waals surface area contributed by atoms with Gasteiger partial charge in [0, 0.05) is 0 Å². The van der Waals surface area contributed by atoms with E-state index in [4.69, 9.17) is 9.84 Å². The Labute approximate surface area is 146 Å². The lowest BCUT2D eigenvalue weighted by atomic mass is 9.80. The highest BCUT2D eigenvalue weighted by atomic mass is 16.5. The number of carbonyl (C=O) groups is 1. The minimum absolute atomic E-state index is 0.307. The molecule has 0 atom stereocenters. The second-order valence-electron chi connectivity index (χ2n) is 7.23. The number of rotatable bonds is 10. The third-order valence-electron chi connectivity index (χ3n) is 5.27. The van der Waals surface area contributed by atoms with E-state index in [2.05, 4.69) is 6.92 Å². The summed E-state index contributed by atoms with van der Waals surface area (Å²) in [5, 5.41) is 8.90. The van der Waals surface area contributed by atoms with Crippen LogP contribution >= 0.6 is 0 Å². The molecule has 24 heavy (non-hydrogen) atoms. The van der Waals surface area contributed by atoms with Crippen molar-refractivity contribution in [2.75, 3.05) is 6.61 Å². The molecule has 1 saturated carbocycles. The SMILES string of the molecule is CCCCCCC[C@H]1CC[C@H](COc2ccc(C(=O)O)cc2)CC1. The number of hydrogen-bond acceptors (Lipinski definition) is 2. The van der Waals surface area contributed by atoms with Crippen molar-refractivity contribution in [1.82, 2.24) is 0 Å². The highest BCUT2D eigenvalue weighted by Gasteiger charge is 2.21. The fourth-order valence-corrected chi connectivity index (χ4v) is 3.63. The zero-order valence-corrected chi connectivity index (χ0v) is 15.0. The fourth-order valence-electron chi connectivity index (χ4n) is 3.63. The summed E-state index contributed by atoms with van der Waals surface area (Å²) in [6.07, 6.45) is 13.6. The van der Waals surface area contributed by atoms with E-state index in [0.29, 0.717) is 11.5 Å². The van der Waals surface area contributed by atoms with Gasteiger partial charge in [0.05, 0.1) is 12.2 Å². The van der Waals surface area contributed by atoms with E-state index in [0.717, 1.165) is 18.3 Å². The van der Waals surface area contributed by atoms with Gasteiger partial charge in [0.25, 0.3) is 0 Å². The molecule has 134 valence electrons. The normalized spacial score (nSPS) is 20.7. The van der Waals surface area contributed by atoms with E-state index in [9.17, 15) is 4.79 Å². The monoisotopic (exact) mass is 332 g/mol. The van der Waals surface area contributed by atoms with Gasteiger partial charge >= 0.3 is 5.97 Å². The highest BCUT2D eigenvalue weighted by Crippen LogP contribution is 2.32. The van der Waals surface area contributed by atoms with Crippen molar-refractivity contribution in [1.29, 1.82) is 0 Å². The van der Waals surface area contributed by atoms with Crippen molar-refractivity contribution >= 4 is 5.97 Å². The third kappa shape index (κ3) is 6.54. The number of carboxylic acids is 1. The molecule has 0 amide bonds. The number of hydrogen-bond donors (Lipinski definition) is 1. The minimum atomic E-state index is -0.894. The lowest BCUT2D eigenvalue weighted by Crippen LogP contribution is -2.20. The summed E-state index contributed by atoms with van der Waals surface area (Å²) in [7, 11) is 0. The van der Waals surface area contributed by atoms with Crippen molar-refractivity contribution in [2.24, 2.45) is 11.8 Å².